The Morgan fingerprint density at radius 3 is 2.55 bits per heavy atom. The number of hydrogen-bond donors (Lipinski definition) is 2. The third kappa shape index (κ3) is 9.56. The zero-order chi connectivity index (χ0) is 21.6. The van der Waals surface area contributed by atoms with Gasteiger partial charge in [0.25, 0.3) is 0 Å². The van der Waals surface area contributed by atoms with E-state index in [0.717, 1.165) is 90.8 Å². The average Bonchev–Trinajstić information content (AvgIpc) is 2.83. The van der Waals surface area contributed by atoms with Crippen LogP contribution in [-0.2, 0) is 32.1 Å². The quantitative estimate of drug-likeness (QED) is 0.318. The van der Waals surface area contributed by atoms with Crippen LogP contribution in [0.15, 0.2) is 29.3 Å². The standard InChI is InChI=1S/C24H39N3O4/c1-25-24(26-10-3-11-30-18-20-6-12-28-13-7-20)27-17-21-4-2-5-22(16-21)19-31-23-8-14-29-15-9-23/h2,4-5,16,20,23H,3,6-15,17-19H2,1H3,(H2,25,26,27). The fraction of sp³-hybridized carbons (Fsp3) is 0.708. The largest absolute Gasteiger partial charge is 0.381 e. The van der Waals surface area contributed by atoms with Crippen molar-refractivity contribution >= 4 is 5.96 Å². The molecule has 7 heteroatoms. The Balaban J connectivity index is 1.28. The molecule has 0 amide bonds. The minimum Gasteiger partial charge on any atom is -0.381 e. The predicted octanol–water partition coefficient (Wildman–Crippen LogP) is 2.88. The minimum atomic E-state index is 0.319. The highest BCUT2D eigenvalue weighted by Crippen LogP contribution is 2.15. The fourth-order valence-electron chi connectivity index (χ4n) is 3.84. The first-order chi connectivity index (χ1) is 15.3. The van der Waals surface area contributed by atoms with Gasteiger partial charge in [-0.1, -0.05) is 24.3 Å². The molecule has 31 heavy (non-hydrogen) atoms. The second-order valence-electron chi connectivity index (χ2n) is 8.28. The number of rotatable bonds is 11. The molecule has 2 N–H and O–H groups in total. The van der Waals surface area contributed by atoms with Crippen LogP contribution in [-0.4, -0.2) is 65.3 Å². The number of nitrogens with one attached hydrogen (secondary N) is 2. The number of nitrogens with zero attached hydrogens (tertiary/aromatic N) is 1. The van der Waals surface area contributed by atoms with Crippen molar-refractivity contribution in [2.45, 2.75) is 51.4 Å². The maximum atomic E-state index is 6.04. The van der Waals surface area contributed by atoms with Crippen molar-refractivity contribution in [3.63, 3.8) is 0 Å². The molecule has 2 fully saturated rings. The van der Waals surface area contributed by atoms with Crippen LogP contribution in [0.1, 0.15) is 43.2 Å². The van der Waals surface area contributed by atoms with Crippen LogP contribution in [0.2, 0.25) is 0 Å². The van der Waals surface area contributed by atoms with Crippen molar-refractivity contribution < 1.29 is 18.9 Å². The highest BCUT2D eigenvalue weighted by molar-refractivity contribution is 5.79. The van der Waals surface area contributed by atoms with Crippen molar-refractivity contribution in [2.75, 3.05) is 53.2 Å². The summed E-state index contributed by atoms with van der Waals surface area (Å²) in [5.74, 6) is 1.47. The Morgan fingerprint density at radius 2 is 1.77 bits per heavy atom. The van der Waals surface area contributed by atoms with Crippen molar-refractivity contribution in [1.82, 2.24) is 10.6 Å². The lowest BCUT2D eigenvalue weighted by Crippen LogP contribution is -2.37. The Morgan fingerprint density at radius 1 is 1.03 bits per heavy atom. The van der Waals surface area contributed by atoms with Gasteiger partial charge in [0.2, 0.25) is 0 Å². The molecular formula is C24H39N3O4. The summed E-state index contributed by atoms with van der Waals surface area (Å²) < 4.78 is 22.6. The molecule has 0 saturated carbocycles. The molecule has 0 spiro atoms. The molecule has 2 aliphatic rings. The Hall–Kier alpha value is -1.67. The monoisotopic (exact) mass is 433 g/mol. The topological polar surface area (TPSA) is 73.3 Å². The van der Waals surface area contributed by atoms with Crippen LogP contribution in [0.4, 0.5) is 0 Å². The van der Waals surface area contributed by atoms with E-state index in [1.54, 1.807) is 7.05 Å². The molecule has 3 rings (SSSR count). The van der Waals surface area contributed by atoms with E-state index in [1.807, 2.05) is 0 Å². The van der Waals surface area contributed by atoms with Crippen LogP contribution in [0.3, 0.4) is 0 Å². The molecule has 0 bridgehead atoms. The summed E-state index contributed by atoms with van der Waals surface area (Å²) in [7, 11) is 1.80. The SMILES string of the molecule is CN=C(NCCCOCC1CCOCC1)NCc1cccc(COC2CCOCC2)c1. The van der Waals surface area contributed by atoms with Crippen LogP contribution in [0, 0.1) is 5.92 Å². The van der Waals surface area contributed by atoms with Gasteiger partial charge in [-0.15, -0.1) is 0 Å². The number of hydrogen-bond acceptors (Lipinski definition) is 5. The maximum absolute atomic E-state index is 6.04. The van der Waals surface area contributed by atoms with E-state index >= 15 is 0 Å². The highest BCUT2D eigenvalue weighted by Gasteiger charge is 2.14. The molecule has 1 aromatic carbocycles. The van der Waals surface area contributed by atoms with Gasteiger partial charge in [-0.05, 0) is 49.1 Å². The number of benzene rings is 1. The number of guanidine groups is 1. The van der Waals surface area contributed by atoms with E-state index in [0.29, 0.717) is 18.6 Å². The van der Waals surface area contributed by atoms with Gasteiger partial charge < -0.3 is 29.6 Å². The van der Waals surface area contributed by atoms with E-state index in [1.165, 1.54) is 11.1 Å². The van der Waals surface area contributed by atoms with Gasteiger partial charge in [0, 0.05) is 59.8 Å². The van der Waals surface area contributed by atoms with E-state index < -0.39 is 0 Å². The molecule has 7 nitrogen and oxygen atoms in total. The number of ether oxygens (including phenoxy) is 4. The lowest BCUT2D eigenvalue weighted by molar-refractivity contribution is -0.0390. The fourth-order valence-corrected chi connectivity index (χ4v) is 3.84. The number of aliphatic imine (C=N–C) groups is 1. The second-order valence-corrected chi connectivity index (χ2v) is 8.28. The smallest absolute Gasteiger partial charge is 0.191 e. The third-order valence-electron chi connectivity index (χ3n) is 5.78. The summed E-state index contributed by atoms with van der Waals surface area (Å²) in [5.41, 5.74) is 2.42. The lowest BCUT2D eigenvalue weighted by atomic mass is 10.0. The summed E-state index contributed by atoms with van der Waals surface area (Å²) in [6, 6.07) is 8.54. The second kappa shape index (κ2) is 14.4. The molecule has 1 aromatic rings. The first-order valence-electron chi connectivity index (χ1n) is 11.7. The van der Waals surface area contributed by atoms with Crippen molar-refractivity contribution in [1.29, 1.82) is 0 Å². The molecule has 0 atom stereocenters. The average molecular weight is 434 g/mol. The Bertz CT molecular complexity index is 643. The normalized spacial score (nSPS) is 18.8. The summed E-state index contributed by atoms with van der Waals surface area (Å²) >= 11 is 0. The summed E-state index contributed by atoms with van der Waals surface area (Å²) in [6.07, 6.45) is 5.51. The van der Waals surface area contributed by atoms with E-state index in [-0.39, 0.29) is 0 Å². The molecule has 0 aromatic heterocycles. The molecule has 2 heterocycles. The molecule has 2 aliphatic heterocycles. The molecule has 2 saturated heterocycles. The van der Waals surface area contributed by atoms with Gasteiger partial charge in [0.15, 0.2) is 5.96 Å². The Labute approximate surface area is 186 Å². The highest BCUT2D eigenvalue weighted by atomic mass is 16.5. The van der Waals surface area contributed by atoms with Crippen molar-refractivity contribution in [2.24, 2.45) is 10.9 Å². The maximum Gasteiger partial charge on any atom is 0.191 e. The van der Waals surface area contributed by atoms with Crippen molar-refractivity contribution in [3.8, 4) is 0 Å². The zero-order valence-electron chi connectivity index (χ0n) is 18.9. The van der Waals surface area contributed by atoms with Gasteiger partial charge in [-0.2, -0.15) is 0 Å². The minimum absolute atomic E-state index is 0.319. The third-order valence-corrected chi connectivity index (χ3v) is 5.78. The lowest BCUT2D eigenvalue weighted by Gasteiger charge is -2.22. The van der Waals surface area contributed by atoms with Gasteiger partial charge in [-0.3, -0.25) is 4.99 Å². The van der Waals surface area contributed by atoms with Crippen LogP contribution in [0.25, 0.3) is 0 Å². The first-order valence-corrected chi connectivity index (χ1v) is 11.7. The van der Waals surface area contributed by atoms with Crippen LogP contribution in [0.5, 0.6) is 0 Å². The van der Waals surface area contributed by atoms with Crippen LogP contribution < -0.4 is 10.6 Å². The zero-order valence-corrected chi connectivity index (χ0v) is 18.9. The molecule has 0 radical (unpaired) electrons. The van der Waals surface area contributed by atoms with Gasteiger partial charge >= 0.3 is 0 Å². The Kier molecular flexibility index (Phi) is 11.1. The summed E-state index contributed by atoms with van der Waals surface area (Å²) in [5, 5.41) is 6.75. The van der Waals surface area contributed by atoms with Gasteiger partial charge in [-0.25, -0.2) is 0 Å². The molecule has 174 valence electrons. The van der Waals surface area contributed by atoms with Crippen LogP contribution >= 0.6 is 0 Å². The van der Waals surface area contributed by atoms with Gasteiger partial charge in [0.05, 0.1) is 12.7 Å². The van der Waals surface area contributed by atoms with E-state index in [9.17, 15) is 0 Å². The van der Waals surface area contributed by atoms with Gasteiger partial charge in [0.1, 0.15) is 0 Å². The predicted molar refractivity (Wildman–Crippen MR) is 122 cm³/mol. The van der Waals surface area contributed by atoms with E-state index in [4.69, 9.17) is 18.9 Å². The summed E-state index contributed by atoms with van der Waals surface area (Å²) in [4.78, 5) is 4.32. The first kappa shape index (κ1) is 24.0. The molecule has 0 aliphatic carbocycles. The van der Waals surface area contributed by atoms with E-state index in [2.05, 4.69) is 39.9 Å². The molecule has 0 unspecified atom stereocenters. The van der Waals surface area contributed by atoms with Crippen molar-refractivity contribution in [3.05, 3.63) is 35.4 Å². The molecular weight excluding hydrogens is 394 g/mol. The summed E-state index contributed by atoms with van der Waals surface area (Å²) in [6.45, 7) is 7.22.